The number of nitrogens with two attached hydrogens (primary N) is 1. The average molecular weight is 446 g/mol. The largest absolute Gasteiger partial charge is 0.405 e. The van der Waals surface area contributed by atoms with E-state index >= 15 is 0 Å². The van der Waals surface area contributed by atoms with Crippen molar-refractivity contribution >= 4 is 26.8 Å². The number of aryl methyl sites for hydroxylation is 1. The van der Waals surface area contributed by atoms with Crippen molar-refractivity contribution in [1.29, 1.82) is 0 Å². The normalized spacial score (nSPS) is 13.0. The van der Waals surface area contributed by atoms with Gasteiger partial charge < -0.3 is 9.92 Å². The third-order valence-electron chi connectivity index (χ3n) is 5.35. The second kappa shape index (κ2) is 7.31. The van der Waals surface area contributed by atoms with Crippen LogP contribution in [0.15, 0.2) is 72.0 Å². The van der Waals surface area contributed by atoms with Gasteiger partial charge in [0.1, 0.15) is 10.6 Å². The van der Waals surface area contributed by atoms with Crippen LogP contribution in [-0.4, -0.2) is 29.0 Å². The standard InChI is InChI=1S/C23H18N4O4S/c1-14-3-5-15(6-4-14)32(29,30)31-19-8-7-18-20-21(19)23(28)16-9-11-25-13-17(16)22(20)26-27(18)12-2-10-24/h2-11,13H,12,24H2,1H3. The van der Waals surface area contributed by atoms with E-state index in [0.717, 1.165) is 5.56 Å². The van der Waals surface area contributed by atoms with Crippen molar-refractivity contribution in [3.8, 4) is 17.0 Å². The first kappa shape index (κ1) is 20.0. The van der Waals surface area contributed by atoms with E-state index < -0.39 is 10.1 Å². The number of allylic oxidation sites excluding steroid dienone is 1. The van der Waals surface area contributed by atoms with Gasteiger partial charge in [0.05, 0.1) is 17.6 Å². The van der Waals surface area contributed by atoms with Gasteiger partial charge in [-0.2, -0.15) is 13.5 Å². The molecule has 8 nitrogen and oxygen atoms in total. The maximum Gasteiger partial charge on any atom is 0.339 e. The van der Waals surface area contributed by atoms with E-state index in [9.17, 15) is 13.2 Å². The van der Waals surface area contributed by atoms with E-state index in [0.29, 0.717) is 34.3 Å². The van der Waals surface area contributed by atoms with Crippen LogP contribution in [0.25, 0.3) is 22.2 Å². The molecule has 0 amide bonds. The first-order valence-electron chi connectivity index (χ1n) is 9.81. The number of hydrogen-bond donors (Lipinski definition) is 1. The highest BCUT2D eigenvalue weighted by molar-refractivity contribution is 7.87. The highest BCUT2D eigenvalue weighted by Gasteiger charge is 2.33. The molecule has 1 aliphatic rings. The van der Waals surface area contributed by atoms with E-state index in [1.807, 2.05) is 6.92 Å². The van der Waals surface area contributed by atoms with Crippen molar-refractivity contribution in [1.82, 2.24) is 14.8 Å². The zero-order valence-corrected chi connectivity index (χ0v) is 17.8. The molecule has 160 valence electrons. The number of benzene rings is 2. The monoisotopic (exact) mass is 446 g/mol. The molecule has 0 aliphatic heterocycles. The van der Waals surface area contributed by atoms with Gasteiger partial charge in [-0.05, 0) is 49.5 Å². The van der Waals surface area contributed by atoms with Gasteiger partial charge in [-0.3, -0.25) is 14.5 Å². The third-order valence-corrected chi connectivity index (χ3v) is 6.60. The summed E-state index contributed by atoms with van der Waals surface area (Å²) in [6.45, 7) is 2.25. The second-order valence-corrected chi connectivity index (χ2v) is 8.94. The van der Waals surface area contributed by atoms with Crippen molar-refractivity contribution in [3.63, 3.8) is 0 Å². The Balaban J connectivity index is 1.73. The average Bonchev–Trinajstić information content (AvgIpc) is 3.15. The summed E-state index contributed by atoms with van der Waals surface area (Å²) in [7, 11) is -4.15. The molecule has 4 aromatic rings. The Kier molecular flexibility index (Phi) is 4.56. The minimum Gasteiger partial charge on any atom is -0.405 e. The maximum atomic E-state index is 13.4. The number of carbonyl (C=O) groups is 1. The van der Waals surface area contributed by atoms with Crippen molar-refractivity contribution in [2.75, 3.05) is 0 Å². The lowest BCUT2D eigenvalue weighted by Crippen LogP contribution is -2.15. The SMILES string of the molecule is Cc1ccc(S(=O)(=O)Oc2ccc3c4c(nn3CC=CN)-c3cnccc3C(=O)c24)cc1. The first-order valence-corrected chi connectivity index (χ1v) is 11.2. The van der Waals surface area contributed by atoms with Crippen LogP contribution in [0.1, 0.15) is 21.5 Å². The fourth-order valence-electron chi connectivity index (χ4n) is 3.82. The molecule has 0 bridgehead atoms. The Labute approximate surface area is 184 Å². The van der Waals surface area contributed by atoms with Crippen LogP contribution in [0, 0.1) is 6.92 Å². The van der Waals surface area contributed by atoms with Crippen LogP contribution < -0.4 is 9.92 Å². The lowest BCUT2D eigenvalue weighted by atomic mass is 9.88. The highest BCUT2D eigenvalue weighted by Crippen LogP contribution is 2.42. The Morgan fingerprint density at radius 3 is 2.62 bits per heavy atom. The summed E-state index contributed by atoms with van der Waals surface area (Å²) in [4.78, 5) is 17.6. The van der Waals surface area contributed by atoms with Gasteiger partial charge in [0.2, 0.25) is 0 Å². The summed E-state index contributed by atoms with van der Waals surface area (Å²) in [5.74, 6) is -0.385. The van der Waals surface area contributed by atoms with Gasteiger partial charge in [0.15, 0.2) is 11.5 Å². The van der Waals surface area contributed by atoms with Crippen molar-refractivity contribution in [2.24, 2.45) is 5.73 Å². The molecule has 5 rings (SSSR count). The molecule has 2 aromatic carbocycles. The number of aromatic nitrogens is 3. The molecule has 0 atom stereocenters. The smallest absolute Gasteiger partial charge is 0.339 e. The molecule has 0 spiro atoms. The van der Waals surface area contributed by atoms with E-state index in [1.54, 1.807) is 41.2 Å². The van der Waals surface area contributed by atoms with Crippen molar-refractivity contribution in [3.05, 3.63) is 83.8 Å². The molecule has 0 fully saturated rings. The molecule has 0 saturated carbocycles. The van der Waals surface area contributed by atoms with E-state index in [4.69, 9.17) is 9.92 Å². The molecular formula is C23H18N4O4S. The van der Waals surface area contributed by atoms with Gasteiger partial charge in [-0.15, -0.1) is 0 Å². The number of hydrogen-bond acceptors (Lipinski definition) is 7. The predicted molar refractivity (Wildman–Crippen MR) is 119 cm³/mol. The Hall–Kier alpha value is -3.98. The Morgan fingerprint density at radius 2 is 1.88 bits per heavy atom. The molecule has 9 heteroatoms. The van der Waals surface area contributed by atoms with Crippen molar-refractivity contribution in [2.45, 2.75) is 18.4 Å². The summed E-state index contributed by atoms with van der Waals surface area (Å²) in [6, 6.07) is 11.1. The topological polar surface area (TPSA) is 117 Å². The molecule has 0 saturated heterocycles. The molecular weight excluding hydrogens is 428 g/mol. The summed E-state index contributed by atoms with van der Waals surface area (Å²) >= 11 is 0. The summed E-state index contributed by atoms with van der Waals surface area (Å²) < 4.78 is 33.0. The van der Waals surface area contributed by atoms with Crippen LogP contribution in [-0.2, 0) is 16.7 Å². The molecule has 32 heavy (non-hydrogen) atoms. The van der Waals surface area contributed by atoms with Gasteiger partial charge in [0.25, 0.3) is 0 Å². The Bertz CT molecular complexity index is 1520. The zero-order valence-electron chi connectivity index (χ0n) is 17.0. The number of nitrogens with zero attached hydrogens (tertiary/aromatic N) is 3. The second-order valence-electron chi connectivity index (χ2n) is 7.39. The van der Waals surface area contributed by atoms with Crippen LogP contribution in [0.5, 0.6) is 5.75 Å². The molecule has 0 radical (unpaired) electrons. The highest BCUT2D eigenvalue weighted by atomic mass is 32.2. The fraction of sp³-hybridized carbons (Fsp3) is 0.0870. The molecule has 2 N–H and O–H groups in total. The lowest BCUT2D eigenvalue weighted by Gasteiger charge is -2.17. The van der Waals surface area contributed by atoms with Crippen molar-refractivity contribution < 1.29 is 17.4 Å². The number of pyridine rings is 1. The number of fused-ring (bicyclic) bond motifs is 2. The number of carbonyl (C=O) groups excluding carboxylic acids is 1. The summed E-state index contributed by atoms with van der Waals surface area (Å²) in [5.41, 5.74) is 8.75. The molecule has 1 aliphatic carbocycles. The van der Waals surface area contributed by atoms with Gasteiger partial charge in [-0.25, -0.2) is 0 Å². The van der Waals surface area contributed by atoms with Crippen LogP contribution >= 0.6 is 0 Å². The molecule has 0 unspecified atom stereocenters. The number of rotatable bonds is 5. The van der Waals surface area contributed by atoms with Gasteiger partial charge in [-0.1, -0.05) is 17.7 Å². The van der Waals surface area contributed by atoms with E-state index in [1.165, 1.54) is 30.6 Å². The minimum atomic E-state index is -4.15. The Morgan fingerprint density at radius 1 is 1.09 bits per heavy atom. The van der Waals surface area contributed by atoms with Crippen LogP contribution in [0.4, 0.5) is 0 Å². The van der Waals surface area contributed by atoms with Gasteiger partial charge >= 0.3 is 10.1 Å². The fourth-order valence-corrected chi connectivity index (χ4v) is 4.76. The van der Waals surface area contributed by atoms with Crippen LogP contribution in [0.3, 0.4) is 0 Å². The van der Waals surface area contributed by atoms with Gasteiger partial charge in [0, 0.05) is 28.9 Å². The zero-order chi connectivity index (χ0) is 22.5. The predicted octanol–water partition coefficient (Wildman–Crippen LogP) is 3.19. The third kappa shape index (κ3) is 3.05. The quantitative estimate of drug-likeness (QED) is 0.412. The van der Waals surface area contributed by atoms with Crippen LogP contribution in [0.2, 0.25) is 0 Å². The number of ketones is 1. The lowest BCUT2D eigenvalue weighted by molar-refractivity contribution is 0.103. The summed E-state index contributed by atoms with van der Waals surface area (Å²) in [6.07, 6.45) is 6.24. The summed E-state index contributed by atoms with van der Waals surface area (Å²) in [5, 5.41) is 5.18. The maximum absolute atomic E-state index is 13.4. The molecule has 2 heterocycles. The minimum absolute atomic E-state index is 0.00672. The van der Waals surface area contributed by atoms with E-state index in [-0.39, 0.29) is 22.0 Å². The molecule has 2 aromatic heterocycles. The van der Waals surface area contributed by atoms with E-state index in [2.05, 4.69) is 10.1 Å². The first-order chi connectivity index (χ1) is 15.4.